The second kappa shape index (κ2) is 10.2. The monoisotopic (exact) mass is 436 g/mol. The van der Waals surface area contributed by atoms with Gasteiger partial charge in [0.2, 0.25) is 0 Å². The molecule has 0 heterocycles. The summed E-state index contributed by atoms with van der Waals surface area (Å²) in [6.45, 7) is 4.73. The number of benzene rings is 4. The summed E-state index contributed by atoms with van der Waals surface area (Å²) < 4.78 is 5.98. The highest BCUT2D eigenvalue weighted by atomic mass is 16.5. The van der Waals surface area contributed by atoms with E-state index in [1.54, 1.807) is 24.3 Å². The van der Waals surface area contributed by atoms with Gasteiger partial charge in [-0.15, -0.1) is 0 Å². The second-order valence-electron chi connectivity index (χ2n) is 8.36. The van der Waals surface area contributed by atoms with Gasteiger partial charge in [0.25, 0.3) is 0 Å². The molecule has 0 aliphatic heterocycles. The maximum Gasteiger partial charge on any atom is 0.339 e. The molecule has 166 valence electrons. The number of rotatable bonds is 8. The first kappa shape index (κ1) is 22.3. The van der Waals surface area contributed by atoms with Crippen molar-refractivity contribution in [2.75, 3.05) is 0 Å². The first-order valence-corrected chi connectivity index (χ1v) is 11.2. The van der Waals surface area contributed by atoms with Gasteiger partial charge in [-0.1, -0.05) is 105 Å². The minimum absolute atomic E-state index is 0.171. The average Bonchev–Trinajstić information content (AvgIpc) is 2.87. The van der Waals surface area contributed by atoms with Crippen molar-refractivity contribution in [3.05, 3.63) is 137 Å². The van der Waals surface area contributed by atoms with Gasteiger partial charge in [-0.05, 0) is 39.9 Å². The molecule has 33 heavy (non-hydrogen) atoms. The molecule has 4 aromatic carbocycles. The lowest BCUT2D eigenvalue weighted by atomic mass is 9.86. The molecule has 2 atom stereocenters. The number of ether oxygens (including phenoxy) is 1. The van der Waals surface area contributed by atoms with E-state index in [-0.39, 0.29) is 17.4 Å². The summed E-state index contributed by atoms with van der Waals surface area (Å²) in [5.74, 6) is -0.169. The average molecular weight is 437 g/mol. The van der Waals surface area contributed by atoms with Crippen LogP contribution >= 0.6 is 0 Å². The first-order valence-electron chi connectivity index (χ1n) is 11.2. The zero-order valence-electron chi connectivity index (χ0n) is 18.9. The molecule has 0 saturated carbocycles. The Balaban J connectivity index is 1.69. The van der Waals surface area contributed by atoms with Gasteiger partial charge in [-0.25, -0.2) is 4.79 Å². The van der Waals surface area contributed by atoms with E-state index in [1.165, 1.54) is 22.3 Å². The molecule has 4 rings (SSSR count). The predicted octanol–water partition coefficient (Wildman–Crippen LogP) is 7.27. The van der Waals surface area contributed by atoms with Gasteiger partial charge in [-0.2, -0.15) is 0 Å². The summed E-state index contributed by atoms with van der Waals surface area (Å²) in [6, 6.07) is 34.3. The van der Waals surface area contributed by atoms with E-state index in [2.05, 4.69) is 80.6 Å². The summed E-state index contributed by atoms with van der Waals surface area (Å²) in [4.78, 5) is 11.6. The van der Waals surface area contributed by atoms with E-state index in [1.807, 2.05) is 12.1 Å². The van der Waals surface area contributed by atoms with Gasteiger partial charge in [0.15, 0.2) is 0 Å². The molecule has 0 spiro atoms. The quantitative estimate of drug-likeness (QED) is 0.316. The standard InChI is InChI=1S/C30H28O3/c1-21(24-11-5-3-6-12-24)26-17-23(20-33-29-16-10-9-15-28(29)30(31)32)18-27(19-26)22(2)25-13-7-4-8-14-25/h3-19,21-22H,20H2,1-2H3,(H,31,32). The summed E-state index contributed by atoms with van der Waals surface area (Å²) in [5.41, 5.74) is 6.13. The molecule has 0 saturated heterocycles. The lowest BCUT2D eigenvalue weighted by Gasteiger charge is -2.20. The Morgan fingerprint density at radius 2 is 1.18 bits per heavy atom. The smallest absolute Gasteiger partial charge is 0.339 e. The van der Waals surface area contributed by atoms with Crippen molar-refractivity contribution in [1.82, 2.24) is 0 Å². The zero-order valence-corrected chi connectivity index (χ0v) is 18.9. The van der Waals surface area contributed by atoms with E-state index in [9.17, 15) is 9.90 Å². The largest absolute Gasteiger partial charge is 0.488 e. The number of hydrogen-bond donors (Lipinski definition) is 1. The Labute approximate surface area is 195 Å². The molecule has 3 heteroatoms. The van der Waals surface area contributed by atoms with Gasteiger partial charge < -0.3 is 9.84 Å². The van der Waals surface area contributed by atoms with Crippen molar-refractivity contribution in [1.29, 1.82) is 0 Å². The zero-order chi connectivity index (χ0) is 23.2. The highest BCUT2D eigenvalue weighted by Crippen LogP contribution is 2.31. The molecule has 0 radical (unpaired) electrons. The molecule has 0 bridgehead atoms. The molecule has 2 unspecified atom stereocenters. The van der Waals surface area contributed by atoms with E-state index < -0.39 is 5.97 Å². The van der Waals surface area contributed by atoms with Gasteiger partial charge in [0.05, 0.1) is 0 Å². The van der Waals surface area contributed by atoms with Crippen molar-refractivity contribution in [3.8, 4) is 5.75 Å². The van der Waals surface area contributed by atoms with Gasteiger partial charge in [0.1, 0.15) is 17.9 Å². The Bertz CT molecular complexity index is 1150. The SMILES string of the molecule is CC(c1ccccc1)c1cc(COc2ccccc2C(=O)O)cc(C(C)c2ccccc2)c1. The fourth-order valence-electron chi connectivity index (χ4n) is 4.13. The van der Waals surface area contributed by atoms with E-state index in [0.717, 1.165) is 5.56 Å². The molecule has 0 aliphatic carbocycles. The number of carboxylic acid groups (broad SMARTS) is 1. The number of hydrogen-bond acceptors (Lipinski definition) is 2. The Kier molecular flexibility index (Phi) is 6.89. The lowest BCUT2D eigenvalue weighted by molar-refractivity contribution is 0.0691. The van der Waals surface area contributed by atoms with Crippen LogP contribution in [0.3, 0.4) is 0 Å². The minimum atomic E-state index is -0.990. The first-order chi connectivity index (χ1) is 16.0. The lowest BCUT2D eigenvalue weighted by Crippen LogP contribution is -2.06. The molecule has 0 aromatic heterocycles. The van der Waals surface area contributed by atoms with Crippen molar-refractivity contribution in [2.24, 2.45) is 0 Å². The Morgan fingerprint density at radius 3 is 1.70 bits per heavy atom. The van der Waals surface area contributed by atoms with Crippen LogP contribution in [-0.2, 0) is 6.61 Å². The number of para-hydroxylation sites is 1. The molecule has 3 nitrogen and oxygen atoms in total. The number of carbonyl (C=O) groups is 1. The Morgan fingerprint density at radius 1 is 0.697 bits per heavy atom. The van der Waals surface area contributed by atoms with E-state index in [4.69, 9.17) is 4.74 Å². The summed E-state index contributed by atoms with van der Waals surface area (Å²) in [6.07, 6.45) is 0. The molecule has 4 aromatic rings. The van der Waals surface area contributed by atoms with Crippen LogP contribution in [0, 0.1) is 0 Å². The Hall–Kier alpha value is -3.85. The number of carboxylic acids is 1. The molecule has 0 amide bonds. The minimum Gasteiger partial charge on any atom is -0.488 e. The molecule has 0 aliphatic rings. The van der Waals surface area contributed by atoms with Crippen LogP contribution in [0.15, 0.2) is 103 Å². The van der Waals surface area contributed by atoms with E-state index in [0.29, 0.717) is 12.4 Å². The second-order valence-corrected chi connectivity index (χ2v) is 8.36. The third-order valence-electron chi connectivity index (χ3n) is 6.15. The van der Waals surface area contributed by atoms with Crippen molar-refractivity contribution >= 4 is 5.97 Å². The third-order valence-corrected chi connectivity index (χ3v) is 6.15. The van der Waals surface area contributed by atoms with Crippen LogP contribution in [0.4, 0.5) is 0 Å². The maximum absolute atomic E-state index is 11.6. The van der Waals surface area contributed by atoms with E-state index >= 15 is 0 Å². The predicted molar refractivity (Wildman–Crippen MR) is 132 cm³/mol. The van der Waals surface area contributed by atoms with Crippen molar-refractivity contribution < 1.29 is 14.6 Å². The molecule has 0 fully saturated rings. The van der Waals surface area contributed by atoms with Gasteiger partial charge in [-0.3, -0.25) is 0 Å². The van der Waals surface area contributed by atoms with Crippen molar-refractivity contribution in [3.63, 3.8) is 0 Å². The normalized spacial score (nSPS) is 12.7. The van der Waals surface area contributed by atoms with Gasteiger partial charge in [0, 0.05) is 11.8 Å². The maximum atomic E-state index is 11.6. The molecule has 1 N–H and O–H groups in total. The van der Waals surface area contributed by atoms with Crippen LogP contribution in [0.25, 0.3) is 0 Å². The third kappa shape index (κ3) is 5.32. The summed E-state index contributed by atoms with van der Waals surface area (Å²) >= 11 is 0. The summed E-state index contributed by atoms with van der Waals surface area (Å²) in [7, 11) is 0. The van der Waals surface area contributed by atoms with Crippen molar-refractivity contribution in [2.45, 2.75) is 32.3 Å². The number of aromatic carboxylic acids is 1. The highest BCUT2D eigenvalue weighted by Gasteiger charge is 2.16. The van der Waals surface area contributed by atoms with Crippen LogP contribution in [-0.4, -0.2) is 11.1 Å². The highest BCUT2D eigenvalue weighted by molar-refractivity contribution is 5.90. The molecular formula is C30H28O3. The van der Waals surface area contributed by atoms with Crippen LogP contribution in [0.2, 0.25) is 0 Å². The molecular weight excluding hydrogens is 408 g/mol. The summed E-state index contributed by atoms with van der Waals surface area (Å²) in [5, 5.41) is 9.47. The fraction of sp³-hybridized carbons (Fsp3) is 0.167. The van der Waals surface area contributed by atoms with Crippen LogP contribution in [0.1, 0.15) is 63.9 Å². The topological polar surface area (TPSA) is 46.5 Å². The van der Waals surface area contributed by atoms with Gasteiger partial charge >= 0.3 is 5.97 Å². The van der Waals surface area contributed by atoms with Crippen LogP contribution in [0.5, 0.6) is 5.75 Å². The van der Waals surface area contributed by atoms with Crippen LogP contribution < -0.4 is 4.74 Å². The fourth-order valence-corrected chi connectivity index (χ4v) is 4.13.